The number of ether oxygens (including phenoxy) is 3. The van der Waals surface area contributed by atoms with E-state index in [9.17, 15) is 9.59 Å². The van der Waals surface area contributed by atoms with Gasteiger partial charge in [-0.05, 0) is 26.2 Å². The Bertz CT molecular complexity index is 341. The lowest BCUT2D eigenvalue weighted by Gasteiger charge is -2.24. The van der Waals surface area contributed by atoms with Crippen molar-refractivity contribution in [1.82, 2.24) is 0 Å². The van der Waals surface area contributed by atoms with E-state index in [1.54, 1.807) is 6.92 Å². The standard InChI is InChI=1S/C14H22O5/c1-3-5-8-18-14(16)12-10-7-6-9(19-10)11(12)13(15)17-4-2/h9-12H,3-8H2,1-2H3/t9-,10-,11-,12+/m0/s1. The van der Waals surface area contributed by atoms with Gasteiger partial charge in [0.05, 0.1) is 37.3 Å². The highest BCUT2D eigenvalue weighted by molar-refractivity contribution is 5.84. The van der Waals surface area contributed by atoms with Gasteiger partial charge in [0.1, 0.15) is 0 Å². The Morgan fingerprint density at radius 2 is 1.63 bits per heavy atom. The quantitative estimate of drug-likeness (QED) is 0.543. The van der Waals surface area contributed by atoms with Crippen LogP contribution < -0.4 is 0 Å². The number of carbonyl (C=O) groups excluding carboxylic acids is 2. The Hall–Kier alpha value is -1.10. The normalized spacial score (nSPS) is 32.3. The molecular formula is C14H22O5. The summed E-state index contributed by atoms with van der Waals surface area (Å²) in [5, 5.41) is 0. The van der Waals surface area contributed by atoms with Crippen LogP contribution in [0.1, 0.15) is 39.5 Å². The third-order valence-corrected chi connectivity index (χ3v) is 3.85. The van der Waals surface area contributed by atoms with Gasteiger partial charge in [0.25, 0.3) is 0 Å². The highest BCUT2D eigenvalue weighted by Crippen LogP contribution is 2.44. The third kappa shape index (κ3) is 2.91. The van der Waals surface area contributed by atoms with Crippen LogP contribution >= 0.6 is 0 Å². The first-order valence-corrected chi connectivity index (χ1v) is 7.17. The van der Waals surface area contributed by atoms with Crippen LogP contribution in [0.15, 0.2) is 0 Å². The second-order valence-electron chi connectivity index (χ2n) is 5.12. The van der Waals surface area contributed by atoms with Crippen molar-refractivity contribution >= 4 is 11.9 Å². The van der Waals surface area contributed by atoms with Crippen molar-refractivity contribution in [2.45, 2.75) is 51.7 Å². The maximum absolute atomic E-state index is 12.1. The zero-order chi connectivity index (χ0) is 13.8. The molecule has 19 heavy (non-hydrogen) atoms. The van der Waals surface area contributed by atoms with E-state index in [4.69, 9.17) is 14.2 Å². The van der Waals surface area contributed by atoms with Crippen LogP contribution in [0.25, 0.3) is 0 Å². The lowest BCUT2D eigenvalue weighted by atomic mass is 9.79. The van der Waals surface area contributed by atoms with E-state index >= 15 is 0 Å². The van der Waals surface area contributed by atoms with Crippen LogP contribution in [-0.4, -0.2) is 37.4 Å². The highest BCUT2D eigenvalue weighted by Gasteiger charge is 2.56. The topological polar surface area (TPSA) is 61.8 Å². The monoisotopic (exact) mass is 270 g/mol. The Labute approximate surface area is 113 Å². The number of unbranched alkanes of at least 4 members (excludes halogenated alkanes) is 1. The molecule has 0 amide bonds. The van der Waals surface area contributed by atoms with Crippen LogP contribution in [0.4, 0.5) is 0 Å². The van der Waals surface area contributed by atoms with Gasteiger partial charge in [0.2, 0.25) is 0 Å². The minimum absolute atomic E-state index is 0.173. The number of hydrogen-bond acceptors (Lipinski definition) is 5. The molecule has 2 fully saturated rings. The van der Waals surface area contributed by atoms with Gasteiger partial charge in [-0.2, -0.15) is 0 Å². The van der Waals surface area contributed by atoms with E-state index in [0.29, 0.717) is 13.2 Å². The van der Waals surface area contributed by atoms with Gasteiger partial charge in [-0.1, -0.05) is 13.3 Å². The summed E-state index contributed by atoms with van der Waals surface area (Å²) >= 11 is 0. The molecule has 108 valence electrons. The van der Waals surface area contributed by atoms with E-state index in [1.165, 1.54) is 0 Å². The van der Waals surface area contributed by atoms with Crippen molar-refractivity contribution in [2.75, 3.05) is 13.2 Å². The summed E-state index contributed by atoms with van der Waals surface area (Å²) in [5.41, 5.74) is 0. The van der Waals surface area contributed by atoms with Gasteiger partial charge in [-0.3, -0.25) is 9.59 Å². The number of rotatable bonds is 6. The summed E-state index contributed by atoms with van der Waals surface area (Å²) in [6.45, 7) is 4.54. The average molecular weight is 270 g/mol. The minimum Gasteiger partial charge on any atom is -0.466 e. The minimum atomic E-state index is -0.479. The van der Waals surface area contributed by atoms with Crippen LogP contribution in [-0.2, 0) is 23.8 Å². The maximum atomic E-state index is 12.1. The summed E-state index contributed by atoms with van der Waals surface area (Å²) in [4.78, 5) is 24.1. The van der Waals surface area contributed by atoms with Crippen molar-refractivity contribution in [2.24, 2.45) is 11.8 Å². The van der Waals surface area contributed by atoms with Crippen molar-refractivity contribution in [3.05, 3.63) is 0 Å². The predicted octanol–water partition coefficient (Wildman–Crippen LogP) is 1.69. The fourth-order valence-corrected chi connectivity index (χ4v) is 2.93. The predicted molar refractivity (Wildman–Crippen MR) is 67.4 cm³/mol. The molecule has 0 N–H and O–H groups in total. The van der Waals surface area contributed by atoms with Crippen LogP contribution in [0.2, 0.25) is 0 Å². The third-order valence-electron chi connectivity index (χ3n) is 3.85. The Kier molecular flexibility index (Phi) is 4.80. The van der Waals surface area contributed by atoms with E-state index in [0.717, 1.165) is 25.7 Å². The van der Waals surface area contributed by atoms with E-state index in [2.05, 4.69) is 0 Å². The molecule has 4 atom stereocenters. The molecule has 0 radical (unpaired) electrons. The lowest BCUT2D eigenvalue weighted by Crippen LogP contribution is -2.40. The summed E-state index contributed by atoms with van der Waals surface area (Å²) in [6, 6.07) is 0. The number of hydrogen-bond donors (Lipinski definition) is 0. The summed E-state index contributed by atoms with van der Waals surface area (Å²) in [6.07, 6.45) is 3.13. The summed E-state index contributed by atoms with van der Waals surface area (Å²) in [5.74, 6) is -1.59. The molecule has 0 spiro atoms. The molecular weight excluding hydrogens is 248 g/mol. The van der Waals surface area contributed by atoms with Crippen LogP contribution in [0, 0.1) is 11.8 Å². The first-order valence-electron chi connectivity index (χ1n) is 7.17. The van der Waals surface area contributed by atoms with Gasteiger partial charge in [-0.25, -0.2) is 0 Å². The number of fused-ring (bicyclic) bond motifs is 2. The van der Waals surface area contributed by atoms with Crippen molar-refractivity contribution < 1.29 is 23.8 Å². The zero-order valence-corrected chi connectivity index (χ0v) is 11.6. The van der Waals surface area contributed by atoms with Gasteiger partial charge in [-0.15, -0.1) is 0 Å². The molecule has 5 heteroatoms. The van der Waals surface area contributed by atoms with E-state index < -0.39 is 11.8 Å². The summed E-state index contributed by atoms with van der Waals surface area (Å²) in [7, 11) is 0. The van der Waals surface area contributed by atoms with E-state index in [1.807, 2.05) is 6.92 Å². The van der Waals surface area contributed by atoms with Gasteiger partial charge in [0.15, 0.2) is 0 Å². The number of carbonyl (C=O) groups is 2. The van der Waals surface area contributed by atoms with E-state index in [-0.39, 0.29) is 24.1 Å². The molecule has 2 heterocycles. The van der Waals surface area contributed by atoms with Gasteiger partial charge < -0.3 is 14.2 Å². The van der Waals surface area contributed by atoms with Gasteiger partial charge >= 0.3 is 11.9 Å². The Balaban J connectivity index is 1.99. The van der Waals surface area contributed by atoms with Crippen molar-refractivity contribution in [3.63, 3.8) is 0 Å². The lowest BCUT2D eigenvalue weighted by molar-refractivity contribution is -0.161. The summed E-state index contributed by atoms with van der Waals surface area (Å²) < 4.78 is 16.0. The second-order valence-corrected chi connectivity index (χ2v) is 5.12. The van der Waals surface area contributed by atoms with Crippen LogP contribution in [0.5, 0.6) is 0 Å². The fraction of sp³-hybridized carbons (Fsp3) is 0.857. The molecule has 0 aliphatic carbocycles. The molecule has 2 saturated heterocycles. The molecule has 2 bridgehead atoms. The second kappa shape index (κ2) is 6.37. The molecule has 0 saturated carbocycles. The SMILES string of the molecule is CCCCOC(=O)[C@H]1[C@@H](C(=O)OCC)[C@@H]2CC[C@@H]1O2. The first kappa shape index (κ1) is 14.3. The largest absolute Gasteiger partial charge is 0.466 e. The van der Waals surface area contributed by atoms with Crippen molar-refractivity contribution in [3.8, 4) is 0 Å². The molecule has 0 aromatic carbocycles. The molecule has 0 aromatic heterocycles. The smallest absolute Gasteiger partial charge is 0.312 e. The highest BCUT2D eigenvalue weighted by atomic mass is 16.6. The zero-order valence-electron chi connectivity index (χ0n) is 11.6. The maximum Gasteiger partial charge on any atom is 0.312 e. The molecule has 2 aliphatic heterocycles. The van der Waals surface area contributed by atoms with Crippen molar-refractivity contribution in [1.29, 1.82) is 0 Å². The molecule has 0 aromatic rings. The number of esters is 2. The van der Waals surface area contributed by atoms with Gasteiger partial charge in [0, 0.05) is 0 Å². The average Bonchev–Trinajstić information content (AvgIpc) is 2.99. The Morgan fingerprint density at radius 3 is 2.16 bits per heavy atom. The molecule has 5 nitrogen and oxygen atoms in total. The molecule has 0 unspecified atom stereocenters. The molecule has 2 aliphatic rings. The van der Waals surface area contributed by atoms with Crippen LogP contribution in [0.3, 0.4) is 0 Å². The fourth-order valence-electron chi connectivity index (χ4n) is 2.93. The Morgan fingerprint density at radius 1 is 1.05 bits per heavy atom. The molecule has 2 rings (SSSR count). The first-order chi connectivity index (χ1) is 9.19.